The Kier molecular flexibility index (Phi) is 5.00. The lowest BCUT2D eigenvalue weighted by Crippen LogP contribution is -2.05. The van der Waals surface area contributed by atoms with Gasteiger partial charge in [0.25, 0.3) is 0 Å². The summed E-state index contributed by atoms with van der Waals surface area (Å²) in [6.45, 7) is 1.55. The van der Waals surface area contributed by atoms with Crippen LogP contribution in [0.3, 0.4) is 0 Å². The van der Waals surface area contributed by atoms with Crippen LogP contribution in [0.2, 0.25) is 0 Å². The number of ether oxygens (including phenoxy) is 1. The van der Waals surface area contributed by atoms with Crippen LogP contribution in [-0.4, -0.2) is 5.78 Å². The Morgan fingerprint density at radius 3 is 2.48 bits per heavy atom. The Labute approximate surface area is 138 Å². The third kappa shape index (κ3) is 4.04. The first kappa shape index (κ1) is 16.0. The van der Waals surface area contributed by atoms with Crippen LogP contribution in [0, 0.1) is 5.82 Å². The van der Waals surface area contributed by atoms with Gasteiger partial charge in [-0.3, -0.25) is 4.79 Å². The molecule has 2 aromatic carbocycles. The quantitative estimate of drug-likeness (QED) is 0.579. The highest BCUT2D eigenvalue weighted by Gasteiger charge is 2.14. The van der Waals surface area contributed by atoms with E-state index in [2.05, 4.69) is 31.9 Å². The summed E-state index contributed by atoms with van der Waals surface area (Å²) in [5, 5.41) is 0. The molecule has 0 unspecified atom stereocenters. The van der Waals surface area contributed by atoms with Crippen molar-refractivity contribution in [2.24, 2.45) is 0 Å². The second kappa shape index (κ2) is 6.58. The van der Waals surface area contributed by atoms with Crippen molar-refractivity contribution in [3.63, 3.8) is 0 Å². The average molecular weight is 417 g/mol. The number of ketones is 1. The minimum Gasteiger partial charge on any atom is -0.486 e. The summed E-state index contributed by atoms with van der Waals surface area (Å²) < 4.78 is 20.3. The second-order valence-corrected chi connectivity index (χ2v) is 6.33. The molecular weight excluding hydrogens is 405 g/mol. The molecule has 0 aliphatic heterocycles. The fourth-order valence-electron chi connectivity index (χ4n) is 1.89. The zero-order valence-corrected chi connectivity index (χ0v) is 14.3. The lowest BCUT2D eigenvalue weighted by atomic mass is 10.1. The molecule has 2 rings (SSSR count). The lowest BCUT2D eigenvalue weighted by molar-refractivity contribution is 0.101. The maximum atomic E-state index is 13.3. The fraction of sp³-hybridized carbons (Fsp3) is 0.133. The molecule has 21 heavy (non-hydrogen) atoms. The first-order valence-corrected chi connectivity index (χ1v) is 7.63. The van der Waals surface area contributed by atoms with Gasteiger partial charge in [0.05, 0.1) is 11.3 Å². The average Bonchev–Trinajstić information content (AvgIpc) is 2.35. The van der Waals surface area contributed by atoms with Gasteiger partial charge in [-0.2, -0.15) is 0 Å². The molecule has 0 aliphatic rings. The predicted molar refractivity (Wildman–Crippen MR) is 87.0 cm³/mol. The molecule has 110 valence electrons. The maximum absolute atomic E-state index is 13.3. The Morgan fingerprint density at radius 2 is 1.86 bits per heavy atom. The van der Waals surface area contributed by atoms with Gasteiger partial charge in [-0.05, 0) is 42.8 Å². The molecule has 0 saturated heterocycles. The number of nitrogen functional groups attached to an aromatic ring is 1. The van der Waals surface area contributed by atoms with Crippen molar-refractivity contribution >= 4 is 43.3 Å². The number of nitrogens with two attached hydrogens (primary N) is 1. The van der Waals surface area contributed by atoms with Gasteiger partial charge in [0, 0.05) is 8.95 Å². The smallest absolute Gasteiger partial charge is 0.163 e. The largest absolute Gasteiger partial charge is 0.486 e. The van der Waals surface area contributed by atoms with E-state index >= 15 is 0 Å². The molecule has 0 radical (unpaired) electrons. The fourth-order valence-corrected chi connectivity index (χ4v) is 2.88. The molecule has 0 amide bonds. The zero-order chi connectivity index (χ0) is 15.6. The van der Waals surface area contributed by atoms with Crippen LogP contribution in [0.25, 0.3) is 0 Å². The molecule has 0 aromatic heterocycles. The van der Waals surface area contributed by atoms with Gasteiger partial charge in [0.15, 0.2) is 11.5 Å². The van der Waals surface area contributed by atoms with Crippen molar-refractivity contribution < 1.29 is 13.9 Å². The summed E-state index contributed by atoms with van der Waals surface area (Å²) in [7, 11) is 0. The van der Waals surface area contributed by atoms with Crippen LogP contribution in [0.1, 0.15) is 22.8 Å². The van der Waals surface area contributed by atoms with Gasteiger partial charge in [-0.1, -0.05) is 31.9 Å². The van der Waals surface area contributed by atoms with Crippen molar-refractivity contribution in [1.82, 2.24) is 0 Å². The van der Waals surface area contributed by atoms with E-state index in [9.17, 15) is 9.18 Å². The number of hydrogen-bond donors (Lipinski definition) is 1. The first-order valence-electron chi connectivity index (χ1n) is 6.04. The minimum absolute atomic E-state index is 0.114. The second-order valence-electron chi connectivity index (χ2n) is 4.49. The van der Waals surface area contributed by atoms with Crippen LogP contribution < -0.4 is 10.5 Å². The highest BCUT2D eigenvalue weighted by atomic mass is 79.9. The van der Waals surface area contributed by atoms with E-state index in [0.717, 1.165) is 0 Å². The summed E-state index contributed by atoms with van der Waals surface area (Å²) in [6.07, 6.45) is 0. The van der Waals surface area contributed by atoms with E-state index < -0.39 is 0 Å². The highest BCUT2D eigenvalue weighted by molar-refractivity contribution is 9.10. The third-order valence-corrected chi connectivity index (χ3v) is 3.68. The Balaban J connectivity index is 2.29. The number of halogens is 3. The van der Waals surface area contributed by atoms with Gasteiger partial charge in [0.2, 0.25) is 0 Å². The third-order valence-electron chi connectivity index (χ3n) is 2.77. The van der Waals surface area contributed by atoms with E-state index in [-0.39, 0.29) is 18.2 Å². The number of rotatable bonds is 4. The highest BCUT2D eigenvalue weighted by Crippen LogP contribution is 2.32. The van der Waals surface area contributed by atoms with Crippen LogP contribution in [0.15, 0.2) is 39.3 Å². The van der Waals surface area contributed by atoms with Gasteiger partial charge >= 0.3 is 0 Å². The molecule has 0 aliphatic carbocycles. The standard InChI is InChI=1S/C15H12Br2FNO2/c1-8(20)13-5-11(17)6-14(19)15(13)21-7-9-2-10(16)4-12(18)3-9/h2-6H,7,19H2,1H3. The Bertz CT molecular complexity index is 684. The topological polar surface area (TPSA) is 52.3 Å². The van der Waals surface area contributed by atoms with Crippen LogP contribution in [-0.2, 0) is 6.61 Å². The molecule has 0 saturated carbocycles. The molecule has 0 atom stereocenters. The molecule has 6 heteroatoms. The van der Waals surface area contributed by atoms with Crippen molar-refractivity contribution in [3.05, 3.63) is 56.2 Å². The molecule has 0 fully saturated rings. The van der Waals surface area contributed by atoms with Crippen molar-refractivity contribution in [1.29, 1.82) is 0 Å². The lowest BCUT2D eigenvalue weighted by Gasteiger charge is -2.13. The van der Waals surface area contributed by atoms with Crippen molar-refractivity contribution in [2.75, 3.05) is 5.73 Å². The molecule has 0 heterocycles. The van der Waals surface area contributed by atoms with E-state index in [0.29, 0.717) is 31.5 Å². The molecular formula is C15H12Br2FNO2. The number of benzene rings is 2. The Morgan fingerprint density at radius 1 is 1.19 bits per heavy atom. The predicted octanol–water partition coefficient (Wildman–Crippen LogP) is 4.71. The number of carbonyl (C=O) groups is 1. The molecule has 2 aromatic rings. The van der Waals surface area contributed by atoms with Crippen LogP contribution >= 0.6 is 31.9 Å². The van der Waals surface area contributed by atoms with E-state index in [1.807, 2.05) is 0 Å². The summed E-state index contributed by atoms with van der Waals surface area (Å²) in [4.78, 5) is 11.7. The first-order chi connectivity index (χ1) is 9.86. The van der Waals surface area contributed by atoms with E-state index in [4.69, 9.17) is 10.5 Å². The Hall–Kier alpha value is -1.40. The zero-order valence-electron chi connectivity index (χ0n) is 11.1. The summed E-state index contributed by atoms with van der Waals surface area (Å²) in [5.41, 5.74) is 7.27. The molecule has 3 nitrogen and oxygen atoms in total. The minimum atomic E-state index is -0.362. The summed E-state index contributed by atoms with van der Waals surface area (Å²) in [6, 6.07) is 7.77. The summed E-state index contributed by atoms with van der Waals surface area (Å²) in [5.74, 6) is -0.206. The van der Waals surface area contributed by atoms with Gasteiger partial charge in [0.1, 0.15) is 12.4 Å². The molecule has 0 bridgehead atoms. The van der Waals surface area contributed by atoms with Crippen molar-refractivity contribution in [2.45, 2.75) is 13.5 Å². The monoisotopic (exact) mass is 415 g/mol. The number of anilines is 1. The van der Waals surface area contributed by atoms with E-state index in [1.165, 1.54) is 19.1 Å². The maximum Gasteiger partial charge on any atom is 0.163 e. The van der Waals surface area contributed by atoms with Crippen LogP contribution in [0.4, 0.5) is 10.1 Å². The number of carbonyl (C=O) groups excluding carboxylic acids is 1. The van der Waals surface area contributed by atoms with Gasteiger partial charge < -0.3 is 10.5 Å². The van der Waals surface area contributed by atoms with Gasteiger partial charge in [-0.15, -0.1) is 0 Å². The van der Waals surface area contributed by atoms with Crippen molar-refractivity contribution in [3.8, 4) is 5.75 Å². The SMILES string of the molecule is CC(=O)c1cc(Br)cc(N)c1OCc1cc(F)cc(Br)c1. The van der Waals surface area contributed by atoms with Gasteiger partial charge in [-0.25, -0.2) is 4.39 Å². The molecule has 2 N–H and O–H groups in total. The molecule has 0 spiro atoms. The normalized spacial score (nSPS) is 10.5. The van der Waals surface area contributed by atoms with Crippen LogP contribution in [0.5, 0.6) is 5.75 Å². The summed E-state index contributed by atoms with van der Waals surface area (Å²) >= 11 is 6.51. The number of hydrogen-bond acceptors (Lipinski definition) is 3. The number of Topliss-reactive ketones (excluding diaryl/α,β-unsaturated/α-hetero) is 1. The van der Waals surface area contributed by atoms with E-state index in [1.54, 1.807) is 18.2 Å².